The summed E-state index contributed by atoms with van der Waals surface area (Å²) in [5.74, 6) is -1.04. The topological polar surface area (TPSA) is 78.9 Å². The smallest absolute Gasteiger partial charge is 0.309 e. The molecule has 0 aromatic rings. The van der Waals surface area contributed by atoms with Gasteiger partial charge in [-0.3, -0.25) is 14.4 Å². The van der Waals surface area contributed by atoms with Gasteiger partial charge in [-0.25, -0.2) is 0 Å². The molecular weight excluding hydrogens is 889 g/mol. The first-order chi connectivity index (χ1) is 35.5. The van der Waals surface area contributed by atoms with Crippen molar-refractivity contribution >= 4 is 17.9 Å². The van der Waals surface area contributed by atoms with Crippen molar-refractivity contribution in [2.45, 2.75) is 303 Å². The lowest BCUT2D eigenvalue weighted by molar-refractivity contribution is -0.166. The van der Waals surface area contributed by atoms with Crippen molar-refractivity contribution in [2.75, 3.05) is 13.2 Å². The van der Waals surface area contributed by atoms with Gasteiger partial charge in [-0.15, -0.1) is 0 Å². The lowest BCUT2D eigenvalue weighted by atomic mass is 10.0. The minimum atomic E-state index is -0.820. The molecule has 0 amide bonds. The standard InChI is InChI=1S/C66H114O6/c1-4-7-10-13-16-19-22-25-28-30-32-33-34-36-38-41-44-47-50-53-56-59-65(68)71-62-63(61-70-64(67)58-55-52-49-46-43-40-37-27-24-21-18-15-12-9-6-3)72-66(69)60-57-54-51-48-45-42-39-35-31-29-26-23-20-17-14-11-8-5-2/h9,12,18,20-21,23,27,29,31,37,43,46,52,55,63H,4-8,10-11,13-17,19,22,24-26,28,30,32-36,38-42,44-45,47-51,53-54,56-62H2,1-3H3/b12-9-,21-18-,23-20-,31-29-,37-27-,46-43-,55-52-. The summed E-state index contributed by atoms with van der Waals surface area (Å²) in [7, 11) is 0. The van der Waals surface area contributed by atoms with Gasteiger partial charge in [-0.1, -0.05) is 286 Å². The molecule has 1 unspecified atom stereocenters. The molecule has 6 nitrogen and oxygen atoms in total. The van der Waals surface area contributed by atoms with Crippen LogP contribution in [0.4, 0.5) is 0 Å². The minimum absolute atomic E-state index is 0.107. The van der Waals surface area contributed by atoms with Crippen LogP contribution >= 0.6 is 0 Å². The molecule has 0 saturated heterocycles. The number of carbonyl (C=O) groups is 3. The molecule has 0 bridgehead atoms. The molecule has 0 aromatic carbocycles. The molecule has 0 aliphatic heterocycles. The molecule has 0 heterocycles. The van der Waals surface area contributed by atoms with Gasteiger partial charge in [-0.05, 0) is 77.0 Å². The van der Waals surface area contributed by atoms with Gasteiger partial charge >= 0.3 is 17.9 Å². The average molecular weight is 1000 g/mol. The average Bonchev–Trinajstić information content (AvgIpc) is 3.38. The number of hydrogen-bond acceptors (Lipinski definition) is 6. The molecule has 0 fully saturated rings. The number of esters is 3. The fourth-order valence-corrected chi connectivity index (χ4v) is 8.61. The number of rotatable bonds is 55. The first kappa shape index (κ1) is 68.6. The number of ether oxygens (including phenoxy) is 3. The van der Waals surface area contributed by atoms with Gasteiger partial charge in [0.1, 0.15) is 13.2 Å². The maximum atomic E-state index is 12.9. The highest BCUT2D eigenvalue weighted by atomic mass is 16.6. The second kappa shape index (κ2) is 60.1. The highest BCUT2D eigenvalue weighted by molar-refractivity contribution is 5.72. The third-order valence-corrected chi connectivity index (χ3v) is 13.2. The van der Waals surface area contributed by atoms with Crippen LogP contribution in [-0.2, 0) is 28.6 Å². The van der Waals surface area contributed by atoms with Crippen LogP contribution in [0.5, 0.6) is 0 Å². The normalized spacial score (nSPS) is 12.7. The Morgan fingerprint density at radius 3 is 0.986 bits per heavy atom. The van der Waals surface area contributed by atoms with Crippen LogP contribution in [0.3, 0.4) is 0 Å². The lowest BCUT2D eigenvalue weighted by Crippen LogP contribution is -2.30. The monoisotopic (exact) mass is 1000 g/mol. The Bertz CT molecular complexity index is 1380. The van der Waals surface area contributed by atoms with E-state index in [1.807, 2.05) is 6.08 Å². The van der Waals surface area contributed by atoms with E-state index < -0.39 is 12.1 Å². The van der Waals surface area contributed by atoms with Crippen molar-refractivity contribution in [3.63, 3.8) is 0 Å². The van der Waals surface area contributed by atoms with E-state index in [1.54, 1.807) is 6.08 Å². The van der Waals surface area contributed by atoms with E-state index in [4.69, 9.17) is 14.2 Å². The Labute approximate surface area is 445 Å². The van der Waals surface area contributed by atoms with Crippen LogP contribution in [0, 0.1) is 0 Å². The summed E-state index contributed by atoms with van der Waals surface area (Å²) in [6.45, 7) is 6.45. The van der Waals surface area contributed by atoms with Crippen LogP contribution in [0.1, 0.15) is 297 Å². The number of hydrogen-bond donors (Lipinski definition) is 0. The molecule has 414 valence electrons. The third-order valence-electron chi connectivity index (χ3n) is 13.2. The van der Waals surface area contributed by atoms with E-state index in [1.165, 1.54) is 173 Å². The summed E-state index contributed by atoms with van der Waals surface area (Å²) in [4.78, 5) is 38.2. The van der Waals surface area contributed by atoms with Gasteiger partial charge in [0, 0.05) is 12.8 Å². The maximum Gasteiger partial charge on any atom is 0.309 e. The highest BCUT2D eigenvalue weighted by Crippen LogP contribution is 2.17. The summed E-state index contributed by atoms with van der Waals surface area (Å²) >= 11 is 0. The lowest BCUT2D eigenvalue weighted by Gasteiger charge is -2.18. The van der Waals surface area contributed by atoms with Crippen LogP contribution in [0.25, 0.3) is 0 Å². The summed E-state index contributed by atoms with van der Waals surface area (Å²) < 4.78 is 16.8. The zero-order chi connectivity index (χ0) is 52.2. The Balaban J connectivity index is 4.43. The van der Waals surface area contributed by atoms with Crippen molar-refractivity contribution in [2.24, 2.45) is 0 Å². The Morgan fingerprint density at radius 1 is 0.306 bits per heavy atom. The molecule has 0 aromatic heterocycles. The molecular formula is C66H114O6. The molecule has 0 rings (SSSR count). The molecule has 0 aliphatic carbocycles. The predicted octanol–water partition coefficient (Wildman–Crippen LogP) is 20.7. The Morgan fingerprint density at radius 2 is 0.597 bits per heavy atom. The second-order valence-electron chi connectivity index (χ2n) is 20.3. The van der Waals surface area contributed by atoms with Gasteiger partial charge in [-0.2, -0.15) is 0 Å². The Hall–Kier alpha value is -3.41. The van der Waals surface area contributed by atoms with Crippen molar-refractivity contribution < 1.29 is 28.6 Å². The fourth-order valence-electron chi connectivity index (χ4n) is 8.61. The number of unbranched alkanes of at least 4 members (excludes halogenated alkanes) is 31. The van der Waals surface area contributed by atoms with E-state index in [-0.39, 0.29) is 31.6 Å². The second-order valence-corrected chi connectivity index (χ2v) is 20.3. The molecule has 0 N–H and O–H groups in total. The number of carbonyl (C=O) groups excluding carboxylic acids is 3. The largest absolute Gasteiger partial charge is 0.462 e. The van der Waals surface area contributed by atoms with E-state index >= 15 is 0 Å². The predicted molar refractivity (Wildman–Crippen MR) is 311 cm³/mol. The summed E-state index contributed by atoms with van der Waals surface area (Å²) in [6.07, 6.45) is 79.0. The maximum absolute atomic E-state index is 12.9. The quantitative estimate of drug-likeness (QED) is 0.0261. The summed E-state index contributed by atoms with van der Waals surface area (Å²) in [5, 5.41) is 0. The van der Waals surface area contributed by atoms with Crippen molar-refractivity contribution in [3.8, 4) is 0 Å². The minimum Gasteiger partial charge on any atom is -0.462 e. The molecule has 0 spiro atoms. The van der Waals surface area contributed by atoms with E-state index in [0.29, 0.717) is 12.8 Å². The first-order valence-corrected chi connectivity index (χ1v) is 30.6. The van der Waals surface area contributed by atoms with E-state index in [0.717, 1.165) is 83.5 Å². The summed E-state index contributed by atoms with van der Waals surface area (Å²) in [5.41, 5.74) is 0. The number of allylic oxidation sites excluding steroid dienone is 13. The van der Waals surface area contributed by atoms with Gasteiger partial charge in [0.15, 0.2) is 6.10 Å². The van der Waals surface area contributed by atoms with Gasteiger partial charge in [0.25, 0.3) is 0 Å². The van der Waals surface area contributed by atoms with Crippen molar-refractivity contribution in [1.82, 2.24) is 0 Å². The molecule has 6 heteroatoms. The molecule has 0 radical (unpaired) electrons. The summed E-state index contributed by atoms with van der Waals surface area (Å²) in [6, 6.07) is 0. The Kier molecular flexibility index (Phi) is 57.3. The zero-order valence-corrected chi connectivity index (χ0v) is 47.4. The molecule has 0 saturated carbocycles. The van der Waals surface area contributed by atoms with Crippen LogP contribution < -0.4 is 0 Å². The van der Waals surface area contributed by atoms with Crippen molar-refractivity contribution in [1.29, 1.82) is 0 Å². The van der Waals surface area contributed by atoms with Gasteiger partial charge in [0.2, 0.25) is 0 Å². The van der Waals surface area contributed by atoms with Gasteiger partial charge in [0.05, 0.1) is 6.42 Å². The third kappa shape index (κ3) is 57.5. The van der Waals surface area contributed by atoms with E-state index in [9.17, 15) is 14.4 Å². The first-order valence-electron chi connectivity index (χ1n) is 30.6. The van der Waals surface area contributed by atoms with Crippen LogP contribution in [-0.4, -0.2) is 37.2 Å². The molecule has 72 heavy (non-hydrogen) atoms. The molecule has 0 aliphatic rings. The van der Waals surface area contributed by atoms with Crippen LogP contribution in [0.2, 0.25) is 0 Å². The van der Waals surface area contributed by atoms with Crippen molar-refractivity contribution in [3.05, 3.63) is 85.1 Å². The fraction of sp³-hybridized carbons (Fsp3) is 0.742. The van der Waals surface area contributed by atoms with E-state index in [2.05, 4.69) is 93.7 Å². The van der Waals surface area contributed by atoms with Gasteiger partial charge < -0.3 is 14.2 Å². The molecule has 1 atom stereocenters. The highest BCUT2D eigenvalue weighted by Gasteiger charge is 2.19. The SMILES string of the molecule is CC/C=C\C/C=C\C/C=C\C/C=C\C/C=C\CC(=O)OCC(COC(=O)CCCCCCCCCCCCCCCCCCCCCCC)OC(=O)CCCCCCCCC/C=C\C/C=C\CCCCCC. The van der Waals surface area contributed by atoms with Crippen LogP contribution in [0.15, 0.2) is 85.1 Å². The zero-order valence-electron chi connectivity index (χ0n) is 47.4.